The summed E-state index contributed by atoms with van der Waals surface area (Å²) in [5.74, 6) is 0.519. The highest BCUT2D eigenvalue weighted by molar-refractivity contribution is 5.97. The van der Waals surface area contributed by atoms with Crippen molar-refractivity contribution in [1.29, 1.82) is 0 Å². The van der Waals surface area contributed by atoms with Crippen LogP contribution in [0.3, 0.4) is 0 Å². The molecule has 2 aromatic rings. The molecule has 0 atom stereocenters. The maximum absolute atomic E-state index is 13.3. The van der Waals surface area contributed by atoms with Crippen LogP contribution in [0.25, 0.3) is 0 Å². The summed E-state index contributed by atoms with van der Waals surface area (Å²) in [7, 11) is 0. The first kappa shape index (κ1) is 30.2. The van der Waals surface area contributed by atoms with Gasteiger partial charge in [-0.15, -0.1) is 0 Å². The fraction of sp³-hybridized carbons (Fsp3) is 0.576. The quantitative estimate of drug-likeness (QED) is 0.514. The zero-order valence-corrected chi connectivity index (χ0v) is 24.8. The number of ether oxygens (including phenoxy) is 1. The van der Waals surface area contributed by atoms with E-state index >= 15 is 0 Å². The van der Waals surface area contributed by atoms with Crippen LogP contribution >= 0.6 is 0 Å². The lowest BCUT2D eigenvalue weighted by atomic mass is 10.0. The van der Waals surface area contributed by atoms with E-state index in [9.17, 15) is 9.59 Å². The smallest absolute Gasteiger partial charge is 0.251 e. The van der Waals surface area contributed by atoms with Crippen LogP contribution in [0.2, 0.25) is 0 Å². The number of fused-ring (bicyclic) bond motifs is 1. The third-order valence-corrected chi connectivity index (χ3v) is 7.84. The number of morpholine rings is 1. The second-order valence-electron chi connectivity index (χ2n) is 11.8. The summed E-state index contributed by atoms with van der Waals surface area (Å²) in [5, 5.41) is 3.13. The second-order valence-corrected chi connectivity index (χ2v) is 11.8. The molecule has 0 spiro atoms. The standard InChI is InChI=1S/C33H48N4O3/c1-26(2)23-36-14-7-5-4-6-8-15-37(27(3)38)32-13-12-30(21-31(32)25-36)33(39)34-22-28-10-9-11-29(20-28)24-35-16-18-40-19-17-35/h9-13,20-21,26H,4-8,14-19,22-25H2,1-3H3,(H,34,39). The second kappa shape index (κ2) is 15.3. The highest BCUT2D eigenvalue weighted by atomic mass is 16.5. The van der Waals surface area contributed by atoms with Gasteiger partial charge in [0.1, 0.15) is 0 Å². The molecule has 2 aromatic carbocycles. The Balaban J connectivity index is 1.50. The lowest BCUT2D eigenvalue weighted by Crippen LogP contribution is -2.35. The Morgan fingerprint density at radius 1 is 0.875 bits per heavy atom. The van der Waals surface area contributed by atoms with Crippen LogP contribution < -0.4 is 10.2 Å². The molecule has 218 valence electrons. The number of benzene rings is 2. The average molecular weight is 549 g/mol. The van der Waals surface area contributed by atoms with E-state index in [1.165, 1.54) is 24.8 Å². The lowest BCUT2D eigenvalue weighted by Gasteiger charge is -2.30. The summed E-state index contributed by atoms with van der Waals surface area (Å²) in [6, 6.07) is 14.3. The zero-order chi connectivity index (χ0) is 28.3. The van der Waals surface area contributed by atoms with Crippen molar-refractivity contribution in [3.05, 3.63) is 64.7 Å². The number of carbonyl (C=O) groups is 2. The summed E-state index contributed by atoms with van der Waals surface area (Å²) in [6.45, 7) is 14.5. The molecule has 1 N–H and O–H groups in total. The molecule has 0 unspecified atom stereocenters. The van der Waals surface area contributed by atoms with Crippen LogP contribution in [-0.2, 0) is 29.2 Å². The van der Waals surface area contributed by atoms with E-state index in [4.69, 9.17) is 4.74 Å². The molecule has 2 heterocycles. The number of nitrogens with zero attached hydrogens (tertiary/aromatic N) is 3. The Kier molecular flexibility index (Phi) is 11.6. The molecule has 1 saturated heterocycles. The van der Waals surface area contributed by atoms with Gasteiger partial charge < -0.3 is 15.0 Å². The number of anilines is 1. The molecule has 0 saturated carbocycles. The largest absolute Gasteiger partial charge is 0.379 e. The maximum atomic E-state index is 13.3. The molecule has 7 heteroatoms. The predicted molar refractivity (Wildman–Crippen MR) is 161 cm³/mol. The van der Waals surface area contributed by atoms with E-state index in [1.54, 1.807) is 6.92 Å². The van der Waals surface area contributed by atoms with Crippen LogP contribution in [0.5, 0.6) is 0 Å². The van der Waals surface area contributed by atoms with Crippen molar-refractivity contribution in [2.75, 3.05) is 50.8 Å². The first-order valence-corrected chi connectivity index (χ1v) is 15.2. The van der Waals surface area contributed by atoms with Gasteiger partial charge in [0.2, 0.25) is 5.91 Å². The zero-order valence-electron chi connectivity index (χ0n) is 24.8. The molecular weight excluding hydrogens is 500 g/mol. The number of rotatable bonds is 7. The van der Waals surface area contributed by atoms with Gasteiger partial charge in [0, 0.05) is 64.0 Å². The van der Waals surface area contributed by atoms with Gasteiger partial charge in [-0.2, -0.15) is 0 Å². The molecule has 0 aliphatic carbocycles. The maximum Gasteiger partial charge on any atom is 0.251 e. The van der Waals surface area contributed by atoms with E-state index in [0.29, 0.717) is 18.0 Å². The van der Waals surface area contributed by atoms with Gasteiger partial charge in [-0.25, -0.2) is 0 Å². The Labute approximate surface area is 240 Å². The third-order valence-electron chi connectivity index (χ3n) is 7.84. The Bertz CT molecular complexity index is 1110. The molecule has 2 aliphatic rings. The van der Waals surface area contributed by atoms with Crippen molar-refractivity contribution in [2.24, 2.45) is 5.92 Å². The average Bonchev–Trinajstić information content (AvgIpc) is 2.93. The van der Waals surface area contributed by atoms with Crippen molar-refractivity contribution >= 4 is 17.5 Å². The van der Waals surface area contributed by atoms with Crippen molar-refractivity contribution in [3.8, 4) is 0 Å². The number of carbonyl (C=O) groups excluding carboxylic acids is 2. The highest BCUT2D eigenvalue weighted by Gasteiger charge is 2.20. The molecule has 2 aliphatic heterocycles. The van der Waals surface area contributed by atoms with Crippen LogP contribution in [0, 0.1) is 5.92 Å². The van der Waals surface area contributed by atoms with E-state index in [1.807, 2.05) is 23.1 Å². The fourth-order valence-corrected chi connectivity index (χ4v) is 5.83. The molecule has 0 bridgehead atoms. The summed E-state index contributed by atoms with van der Waals surface area (Å²) in [6.07, 6.45) is 5.75. The van der Waals surface area contributed by atoms with Gasteiger partial charge in [0.25, 0.3) is 5.91 Å². The van der Waals surface area contributed by atoms with Crippen molar-refractivity contribution in [3.63, 3.8) is 0 Å². The van der Waals surface area contributed by atoms with Crippen LogP contribution in [-0.4, -0.2) is 67.6 Å². The van der Waals surface area contributed by atoms with Crippen LogP contribution in [0.15, 0.2) is 42.5 Å². The minimum absolute atomic E-state index is 0.0582. The Morgan fingerprint density at radius 2 is 1.60 bits per heavy atom. The van der Waals surface area contributed by atoms with Gasteiger partial charge >= 0.3 is 0 Å². The van der Waals surface area contributed by atoms with E-state index in [0.717, 1.165) is 88.7 Å². The molecular formula is C33H48N4O3. The first-order chi connectivity index (χ1) is 19.4. The normalized spacial score (nSPS) is 18.1. The molecule has 40 heavy (non-hydrogen) atoms. The summed E-state index contributed by atoms with van der Waals surface area (Å²) >= 11 is 0. The summed E-state index contributed by atoms with van der Waals surface area (Å²) in [5.41, 5.74) is 4.98. The predicted octanol–water partition coefficient (Wildman–Crippen LogP) is 5.22. The van der Waals surface area contributed by atoms with Crippen LogP contribution in [0.1, 0.15) is 79.9 Å². The fourth-order valence-electron chi connectivity index (χ4n) is 5.83. The minimum Gasteiger partial charge on any atom is -0.379 e. The molecule has 2 amide bonds. The molecule has 0 radical (unpaired) electrons. The highest BCUT2D eigenvalue weighted by Crippen LogP contribution is 2.26. The van der Waals surface area contributed by atoms with Gasteiger partial charge in [0.05, 0.1) is 13.2 Å². The third kappa shape index (κ3) is 9.15. The summed E-state index contributed by atoms with van der Waals surface area (Å²) in [4.78, 5) is 32.8. The number of hydrogen-bond acceptors (Lipinski definition) is 5. The van der Waals surface area contributed by atoms with Crippen LogP contribution in [0.4, 0.5) is 5.69 Å². The van der Waals surface area contributed by atoms with Crippen molar-refractivity contribution < 1.29 is 14.3 Å². The minimum atomic E-state index is -0.0858. The van der Waals surface area contributed by atoms with Crippen molar-refractivity contribution in [1.82, 2.24) is 15.1 Å². The Hall–Kier alpha value is -2.74. The number of hydrogen-bond donors (Lipinski definition) is 1. The topological polar surface area (TPSA) is 65.1 Å². The van der Waals surface area contributed by atoms with E-state index in [2.05, 4.69) is 53.2 Å². The van der Waals surface area contributed by atoms with Gasteiger partial charge in [-0.1, -0.05) is 57.4 Å². The van der Waals surface area contributed by atoms with E-state index < -0.39 is 0 Å². The lowest BCUT2D eigenvalue weighted by molar-refractivity contribution is -0.116. The Morgan fingerprint density at radius 3 is 2.35 bits per heavy atom. The van der Waals surface area contributed by atoms with Gasteiger partial charge in [-0.3, -0.25) is 19.4 Å². The number of amides is 2. The SMILES string of the molecule is CC(=O)N1CCCCCCCN(CC(C)C)Cc2cc(C(=O)NCc3cccc(CN4CCOCC4)c3)ccc21. The number of nitrogens with one attached hydrogen (secondary N) is 1. The van der Waals surface area contributed by atoms with Crippen molar-refractivity contribution in [2.45, 2.75) is 72.5 Å². The van der Waals surface area contributed by atoms with E-state index in [-0.39, 0.29) is 11.8 Å². The molecule has 1 fully saturated rings. The molecule has 0 aromatic heterocycles. The molecule has 4 rings (SSSR count). The monoisotopic (exact) mass is 548 g/mol. The van der Waals surface area contributed by atoms with Gasteiger partial charge in [0.15, 0.2) is 0 Å². The van der Waals surface area contributed by atoms with Gasteiger partial charge in [-0.05, 0) is 60.2 Å². The summed E-state index contributed by atoms with van der Waals surface area (Å²) < 4.78 is 5.47. The molecule has 7 nitrogen and oxygen atoms in total. The first-order valence-electron chi connectivity index (χ1n) is 15.2.